The first-order valence-electron chi connectivity index (χ1n) is 3.23. The van der Waals surface area contributed by atoms with Gasteiger partial charge >= 0.3 is 15.9 Å². The van der Waals surface area contributed by atoms with Gasteiger partial charge < -0.3 is 0 Å². The fourth-order valence-electron chi connectivity index (χ4n) is 0.721. The van der Waals surface area contributed by atoms with Crippen molar-refractivity contribution in [2.24, 2.45) is 0 Å². The molecule has 1 rings (SSSR count). The molecule has 0 saturated carbocycles. The maximum atomic E-state index is 11.7. The van der Waals surface area contributed by atoms with Crippen molar-refractivity contribution >= 4 is 21.2 Å². The second-order valence-electron chi connectivity index (χ2n) is 2.37. The minimum Gasteiger partial charge on any atom is -0.250 e. The molecule has 10 heteroatoms. The molecule has 0 amide bonds. The first-order valence-corrected chi connectivity index (χ1v) is 5.89. The molecule has 0 N–H and O–H groups in total. The molecule has 1 aliphatic heterocycles. The summed E-state index contributed by atoms with van der Waals surface area (Å²) in [7, 11) is -7.32. The number of hydrogen-bond acceptors (Lipinski definition) is 5. The van der Waals surface area contributed by atoms with Crippen molar-refractivity contribution in [2.75, 3.05) is 12.4 Å². The lowest BCUT2D eigenvalue weighted by atomic mass is 10.4. The van der Waals surface area contributed by atoms with E-state index >= 15 is 0 Å². The van der Waals surface area contributed by atoms with E-state index in [1.54, 1.807) is 0 Å². The molecule has 0 aromatic heterocycles. The molecule has 2 unspecified atom stereocenters. The molecule has 0 bridgehead atoms. The fourth-order valence-corrected chi connectivity index (χ4v) is 2.33. The number of halogens is 3. The lowest BCUT2D eigenvalue weighted by Crippen LogP contribution is -2.27. The summed E-state index contributed by atoms with van der Waals surface area (Å²) in [6.07, 6.45) is -1.33. The Bertz CT molecular complexity index is 333. The summed E-state index contributed by atoms with van der Waals surface area (Å²) in [6.45, 7) is -0.538. The van der Waals surface area contributed by atoms with Gasteiger partial charge in [-0.25, -0.2) is 8.37 Å². The van der Waals surface area contributed by atoms with Gasteiger partial charge in [-0.15, -0.1) is 0 Å². The van der Waals surface area contributed by atoms with Crippen molar-refractivity contribution in [3.63, 3.8) is 0 Å². The zero-order valence-corrected chi connectivity index (χ0v) is 8.12. The molecule has 0 aliphatic carbocycles. The standard InChI is InChI=1S/C4H5F3O5S2/c5-4(6,7)13(8)2-3-1-11-14(9,10)12-3/h3H,1-2H2. The third-order valence-corrected chi connectivity index (χ3v) is 3.37. The van der Waals surface area contributed by atoms with Crippen LogP contribution in [0.1, 0.15) is 0 Å². The average molecular weight is 254 g/mol. The third kappa shape index (κ3) is 3.19. The van der Waals surface area contributed by atoms with E-state index in [2.05, 4.69) is 8.37 Å². The highest BCUT2D eigenvalue weighted by Gasteiger charge is 2.41. The molecule has 0 radical (unpaired) electrons. The summed E-state index contributed by atoms with van der Waals surface area (Å²) < 4.78 is 74.7. The quantitative estimate of drug-likeness (QED) is 0.689. The largest absolute Gasteiger partial charge is 0.471 e. The second kappa shape index (κ2) is 3.76. The van der Waals surface area contributed by atoms with E-state index in [0.29, 0.717) is 0 Å². The molecule has 0 aromatic rings. The number of alkyl halides is 3. The molecular formula is C4H5F3O5S2. The summed E-state index contributed by atoms with van der Waals surface area (Å²) >= 11 is 0. The maximum absolute atomic E-state index is 11.7. The normalized spacial score (nSPS) is 28.9. The molecule has 0 spiro atoms. The molecule has 1 aliphatic rings. The van der Waals surface area contributed by atoms with Gasteiger partial charge in [0, 0.05) is 0 Å². The van der Waals surface area contributed by atoms with Gasteiger partial charge in [-0.1, -0.05) is 0 Å². The summed E-state index contributed by atoms with van der Waals surface area (Å²) in [4.78, 5) is 0. The Kier molecular flexibility index (Phi) is 3.19. The Hall–Kier alpha value is -0.190. The van der Waals surface area contributed by atoms with Crippen LogP contribution in [0.4, 0.5) is 13.2 Å². The highest BCUT2D eigenvalue weighted by molar-refractivity contribution is 7.86. The van der Waals surface area contributed by atoms with Crippen LogP contribution in [0.3, 0.4) is 0 Å². The van der Waals surface area contributed by atoms with Crippen LogP contribution in [0.15, 0.2) is 0 Å². The first-order chi connectivity index (χ1) is 6.21. The van der Waals surface area contributed by atoms with E-state index < -0.39 is 45.2 Å². The fraction of sp³-hybridized carbons (Fsp3) is 1.00. The van der Waals surface area contributed by atoms with Crippen molar-refractivity contribution < 1.29 is 34.2 Å². The van der Waals surface area contributed by atoms with Gasteiger partial charge in [-0.05, 0) is 0 Å². The Morgan fingerprint density at radius 1 is 1.43 bits per heavy atom. The minimum atomic E-state index is -4.87. The third-order valence-electron chi connectivity index (χ3n) is 1.25. The monoisotopic (exact) mass is 254 g/mol. The van der Waals surface area contributed by atoms with Gasteiger partial charge in [-0.2, -0.15) is 21.6 Å². The summed E-state index contributed by atoms with van der Waals surface area (Å²) in [6, 6.07) is 0. The van der Waals surface area contributed by atoms with E-state index in [1.807, 2.05) is 0 Å². The van der Waals surface area contributed by atoms with Gasteiger partial charge in [0.25, 0.3) is 0 Å². The molecule has 0 aromatic carbocycles. The van der Waals surface area contributed by atoms with Crippen LogP contribution in [0.5, 0.6) is 0 Å². The van der Waals surface area contributed by atoms with Crippen molar-refractivity contribution in [3.05, 3.63) is 0 Å². The van der Waals surface area contributed by atoms with Gasteiger partial charge in [0.2, 0.25) is 0 Å². The molecule has 2 atom stereocenters. The second-order valence-corrected chi connectivity index (χ2v) is 5.10. The van der Waals surface area contributed by atoms with Crippen molar-refractivity contribution in [1.82, 2.24) is 0 Å². The SMILES string of the molecule is O=S(CC1COS(=O)(=O)O1)C(F)(F)F. The zero-order chi connectivity index (χ0) is 11.0. The van der Waals surface area contributed by atoms with Gasteiger partial charge in [0.15, 0.2) is 0 Å². The first kappa shape index (κ1) is 11.9. The summed E-state index contributed by atoms with van der Waals surface area (Å²) in [5, 5.41) is 0. The van der Waals surface area contributed by atoms with Crippen LogP contribution >= 0.6 is 0 Å². The molecule has 5 nitrogen and oxygen atoms in total. The lowest BCUT2D eigenvalue weighted by Gasteiger charge is -2.07. The van der Waals surface area contributed by atoms with Gasteiger partial charge in [0.05, 0.1) is 12.4 Å². The van der Waals surface area contributed by atoms with E-state index in [1.165, 1.54) is 0 Å². The summed E-state index contributed by atoms with van der Waals surface area (Å²) in [5.41, 5.74) is -4.87. The van der Waals surface area contributed by atoms with Crippen LogP contribution in [0, 0.1) is 0 Å². The van der Waals surface area contributed by atoms with Crippen molar-refractivity contribution in [3.8, 4) is 0 Å². The maximum Gasteiger partial charge on any atom is 0.471 e. The molecule has 1 heterocycles. The lowest BCUT2D eigenvalue weighted by molar-refractivity contribution is -0.0389. The molecular weight excluding hydrogens is 249 g/mol. The Balaban J connectivity index is 2.53. The Morgan fingerprint density at radius 2 is 2.00 bits per heavy atom. The summed E-state index contributed by atoms with van der Waals surface area (Å²) in [5.74, 6) is -0.942. The van der Waals surface area contributed by atoms with Crippen LogP contribution in [0.25, 0.3) is 0 Å². The van der Waals surface area contributed by atoms with Crippen LogP contribution in [0.2, 0.25) is 0 Å². The predicted molar refractivity (Wildman–Crippen MR) is 38.8 cm³/mol. The van der Waals surface area contributed by atoms with Crippen LogP contribution in [-0.2, 0) is 29.6 Å². The topological polar surface area (TPSA) is 69.7 Å². The molecule has 14 heavy (non-hydrogen) atoms. The smallest absolute Gasteiger partial charge is 0.250 e. The zero-order valence-electron chi connectivity index (χ0n) is 6.48. The number of hydrogen-bond donors (Lipinski definition) is 0. The number of rotatable bonds is 2. The minimum absolute atomic E-state index is 0.538. The van der Waals surface area contributed by atoms with Crippen LogP contribution < -0.4 is 0 Å². The van der Waals surface area contributed by atoms with E-state index in [-0.39, 0.29) is 0 Å². The Morgan fingerprint density at radius 3 is 2.36 bits per heavy atom. The molecule has 1 fully saturated rings. The molecule has 1 saturated heterocycles. The van der Waals surface area contributed by atoms with Crippen molar-refractivity contribution in [2.45, 2.75) is 11.6 Å². The van der Waals surface area contributed by atoms with E-state index in [9.17, 15) is 25.8 Å². The highest BCUT2D eigenvalue weighted by atomic mass is 32.3. The highest BCUT2D eigenvalue weighted by Crippen LogP contribution is 2.23. The van der Waals surface area contributed by atoms with E-state index in [4.69, 9.17) is 0 Å². The van der Waals surface area contributed by atoms with Gasteiger partial charge in [-0.3, -0.25) is 4.21 Å². The van der Waals surface area contributed by atoms with Gasteiger partial charge in [0.1, 0.15) is 16.9 Å². The van der Waals surface area contributed by atoms with Crippen molar-refractivity contribution in [1.29, 1.82) is 0 Å². The van der Waals surface area contributed by atoms with E-state index in [0.717, 1.165) is 0 Å². The molecule has 84 valence electrons. The Labute approximate surface area is 80.0 Å². The van der Waals surface area contributed by atoms with Crippen LogP contribution in [-0.4, -0.2) is 36.6 Å². The predicted octanol–water partition coefficient (Wildman–Crippen LogP) is -0.0849. The average Bonchev–Trinajstić information content (AvgIpc) is 2.28.